The first-order valence-electron chi connectivity index (χ1n) is 8.10. The molecule has 2 aromatic rings. The predicted octanol–water partition coefficient (Wildman–Crippen LogP) is 1.56. The van der Waals surface area contributed by atoms with Crippen LogP contribution >= 0.6 is 0 Å². The van der Waals surface area contributed by atoms with Gasteiger partial charge >= 0.3 is 6.09 Å². The zero-order valence-electron chi connectivity index (χ0n) is 14.2. The van der Waals surface area contributed by atoms with Crippen LogP contribution in [-0.2, 0) is 9.84 Å². The molecule has 0 aliphatic carbocycles. The monoisotopic (exact) mass is 399 g/mol. The molecule has 1 amide bonds. The van der Waals surface area contributed by atoms with E-state index in [0.717, 1.165) is 0 Å². The Bertz CT molecular complexity index is 958. The number of ether oxygens (including phenoxy) is 1. The van der Waals surface area contributed by atoms with Gasteiger partial charge in [-0.25, -0.2) is 17.6 Å². The average molecular weight is 399 g/mol. The van der Waals surface area contributed by atoms with E-state index in [1.165, 1.54) is 0 Å². The third kappa shape index (κ3) is 4.88. The normalized spacial score (nSPS) is 17.1. The first kappa shape index (κ1) is 19.0. The van der Waals surface area contributed by atoms with Crippen molar-refractivity contribution in [3.8, 4) is 5.75 Å². The molecular weight excluding hydrogens is 381 g/mol. The fourth-order valence-corrected chi connectivity index (χ4v) is 3.71. The van der Waals surface area contributed by atoms with E-state index in [0.29, 0.717) is 42.3 Å². The lowest BCUT2D eigenvalue weighted by atomic mass is 10.3. The molecule has 0 atom stereocenters. The van der Waals surface area contributed by atoms with E-state index in [2.05, 4.69) is 10.3 Å². The van der Waals surface area contributed by atoms with Crippen LogP contribution in [0.25, 0.3) is 11.1 Å². The third-order valence-corrected chi connectivity index (χ3v) is 5.62. The number of carboxylic acid groups (broad SMARTS) is 1. The van der Waals surface area contributed by atoms with Crippen LogP contribution in [0.2, 0.25) is 0 Å². The molecule has 0 unspecified atom stereocenters. The van der Waals surface area contributed by atoms with Crippen molar-refractivity contribution < 1.29 is 31.9 Å². The molecule has 146 valence electrons. The van der Waals surface area contributed by atoms with Gasteiger partial charge in [-0.3, -0.25) is 0 Å². The average Bonchev–Trinajstić information content (AvgIpc) is 3.04. The summed E-state index contributed by atoms with van der Waals surface area (Å²) in [5.74, 6) is 0.520. The Morgan fingerprint density at radius 2 is 2.15 bits per heavy atom. The molecule has 2 heterocycles. The molecule has 2 N–H and O–H groups in total. The largest absolute Gasteiger partial charge is 0.489 e. The van der Waals surface area contributed by atoms with Gasteiger partial charge in [0, 0.05) is 31.3 Å². The molecule has 0 bridgehead atoms. The number of nitrogens with zero attached hydrogens (tertiary/aromatic N) is 2. The summed E-state index contributed by atoms with van der Waals surface area (Å²) >= 11 is 0. The standard InChI is InChI=1S/C16H18FN3O6S/c17-8-11(9-18-16(21)22)10-25-12-1-2-13-14(7-12)26-15(19-13)20-3-5-27(23,24)6-4-20/h1-2,7-8,18H,3-6,9-10H2,(H,21,22)/b11-8+. The van der Waals surface area contributed by atoms with Crippen LogP contribution in [0.15, 0.2) is 34.5 Å². The van der Waals surface area contributed by atoms with Crippen molar-refractivity contribution in [2.75, 3.05) is 42.6 Å². The Kier molecular flexibility index (Phi) is 5.49. The lowest BCUT2D eigenvalue weighted by Gasteiger charge is -2.24. The Morgan fingerprint density at radius 3 is 2.81 bits per heavy atom. The molecule has 27 heavy (non-hydrogen) atoms. The molecule has 9 nitrogen and oxygen atoms in total. The number of aromatic nitrogens is 1. The van der Waals surface area contributed by atoms with Gasteiger partial charge in [0.1, 0.15) is 17.9 Å². The van der Waals surface area contributed by atoms with Crippen LogP contribution in [0.5, 0.6) is 5.75 Å². The molecular formula is C16H18FN3O6S. The van der Waals surface area contributed by atoms with E-state index in [4.69, 9.17) is 14.3 Å². The first-order valence-corrected chi connectivity index (χ1v) is 9.92. The van der Waals surface area contributed by atoms with Gasteiger partial charge in [-0.15, -0.1) is 0 Å². The minimum atomic E-state index is -3.00. The summed E-state index contributed by atoms with van der Waals surface area (Å²) in [5.41, 5.74) is 1.16. The molecule has 1 aromatic heterocycles. The number of carbonyl (C=O) groups is 1. The molecule has 1 fully saturated rings. The van der Waals surface area contributed by atoms with E-state index in [1.807, 2.05) is 0 Å². The fourth-order valence-electron chi connectivity index (χ4n) is 2.51. The highest BCUT2D eigenvalue weighted by atomic mass is 32.2. The highest BCUT2D eigenvalue weighted by Crippen LogP contribution is 2.26. The maximum Gasteiger partial charge on any atom is 0.404 e. The summed E-state index contributed by atoms with van der Waals surface area (Å²) in [5, 5.41) is 10.6. The van der Waals surface area contributed by atoms with Crippen molar-refractivity contribution in [1.82, 2.24) is 10.3 Å². The van der Waals surface area contributed by atoms with Crippen molar-refractivity contribution in [3.63, 3.8) is 0 Å². The molecule has 3 rings (SSSR count). The second kappa shape index (κ2) is 7.82. The van der Waals surface area contributed by atoms with Gasteiger partial charge in [-0.05, 0) is 12.1 Å². The lowest BCUT2D eigenvalue weighted by molar-refractivity contribution is 0.195. The highest BCUT2D eigenvalue weighted by molar-refractivity contribution is 7.91. The fraction of sp³-hybridized carbons (Fsp3) is 0.375. The van der Waals surface area contributed by atoms with Gasteiger partial charge in [0.25, 0.3) is 6.01 Å². The molecule has 1 saturated heterocycles. The van der Waals surface area contributed by atoms with Crippen molar-refractivity contribution in [2.45, 2.75) is 0 Å². The van der Waals surface area contributed by atoms with Crippen molar-refractivity contribution in [1.29, 1.82) is 0 Å². The van der Waals surface area contributed by atoms with E-state index in [1.54, 1.807) is 23.1 Å². The third-order valence-electron chi connectivity index (χ3n) is 4.01. The van der Waals surface area contributed by atoms with E-state index >= 15 is 0 Å². The van der Waals surface area contributed by atoms with Crippen LogP contribution in [0.3, 0.4) is 0 Å². The van der Waals surface area contributed by atoms with Gasteiger partial charge in [0.05, 0.1) is 17.8 Å². The van der Waals surface area contributed by atoms with Gasteiger partial charge in [-0.1, -0.05) is 0 Å². The second-order valence-corrected chi connectivity index (χ2v) is 8.28. The van der Waals surface area contributed by atoms with Crippen LogP contribution in [0.1, 0.15) is 0 Å². The second-order valence-electron chi connectivity index (χ2n) is 5.98. The number of amides is 1. The minimum Gasteiger partial charge on any atom is -0.489 e. The molecule has 11 heteroatoms. The van der Waals surface area contributed by atoms with Crippen molar-refractivity contribution in [3.05, 3.63) is 30.1 Å². The summed E-state index contributed by atoms with van der Waals surface area (Å²) in [6.45, 7) is 0.325. The van der Waals surface area contributed by atoms with Crippen LogP contribution in [-0.4, -0.2) is 62.3 Å². The van der Waals surface area contributed by atoms with Gasteiger partial charge < -0.3 is 24.5 Å². The quantitative estimate of drug-likeness (QED) is 0.750. The SMILES string of the molecule is O=C(O)NC/C(=C\F)COc1ccc2nc(N3CCS(=O)(=O)CC3)oc2c1. The number of anilines is 1. The molecule has 1 aliphatic heterocycles. The zero-order chi connectivity index (χ0) is 19.4. The summed E-state index contributed by atoms with van der Waals surface area (Å²) in [6.07, 6.45) is -0.957. The minimum absolute atomic E-state index is 0.0583. The van der Waals surface area contributed by atoms with Crippen LogP contribution < -0.4 is 15.0 Å². The summed E-state index contributed by atoms with van der Waals surface area (Å²) in [7, 11) is -3.00. The number of fused-ring (bicyclic) bond motifs is 1. The van der Waals surface area contributed by atoms with Crippen LogP contribution in [0.4, 0.5) is 15.2 Å². The number of oxazole rings is 1. The lowest BCUT2D eigenvalue weighted by Crippen LogP contribution is -2.40. The number of hydrogen-bond donors (Lipinski definition) is 2. The maximum atomic E-state index is 12.8. The Hall–Kier alpha value is -2.82. The van der Waals surface area contributed by atoms with Gasteiger partial charge in [0.2, 0.25) is 0 Å². The first-order chi connectivity index (χ1) is 12.9. The van der Waals surface area contributed by atoms with Crippen molar-refractivity contribution >= 4 is 33.0 Å². The topological polar surface area (TPSA) is 122 Å². The Morgan fingerprint density at radius 1 is 1.41 bits per heavy atom. The van der Waals surface area contributed by atoms with Gasteiger partial charge in [0.15, 0.2) is 15.4 Å². The Balaban J connectivity index is 1.66. The smallest absolute Gasteiger partial charge is 0.404 e. The Labute approximate surface area is 154 Å². The number of sulfone groups is 1. The highest BCUT2D eigenvalue weighted by Gasteiger charge is 2.24. The summed E-state index contributed by atoms with van der Waals surface area (Å²) in [6, 6.07) is 5.24. The van der Waals surface area contributed by atoms with Crippen LogP contribution in [0, 0.1) is 0 Å². The molecule has 0 spiro atoms. The summed E-state index contributed by atoms with van der Waals surface area (Å²) in [4.78, 5) is 16.6. The van der Waals surface area contributed by atoms with E-state index in [9.17, 15) is 17.6 Å². The molecule has 1 aliphatic rings. The van der Waals surface area contributed by atoms with Crippen molar-refractivity contribution in [2.24, 2.45) is 0 Å². The predicted molar refractivity (Wildman–Crippen MR) is 95.6 cm³/mol. The number of rotatable bonds is 6. The zero-order valence-corrected chi connectivity index (χ0v) is 15.0. The van der Waals surface area contributed by atoms with E-state index in [-0.39, 0.29) is 30.2 Å². The molecule has 1 aromatic carbocycles. The maximum absolute atomic E-state index is 12.8. The number of benzene rings is 1. The van der Waals surface area contributed by atoms with E-state index < -0.39 is 15.9 Å². The number of halogens is 1. The molecule has 0 radical (unpaired) electrons. The summed E-state index contributed by atoms with van der Waals surface area (Å²) < 4.78 is 47.0. The number of nitrogens with one attached hydrogen (secondary N) is 1. The van der Waals surface area contributed by atoms with Gasteiger partial charge in [-0.2, -0.15) is 4.98 Å². The molecule has 0 saturated carbocycles. The number of hydrogen-bond acceptors (Lipinski definition) is 7.